The minimum Gasteiger partial charge on any atom is -0.361 e. The first-order chi connectivity index (χ1) is 11.5. The number of likely N-dealkylation sites (tertiary alicyclic amines) is 1. The molecule has 3 N–H and O–H groups in total. The van der Waals surface area contributed by atoms with Crippen LogP contribution in [0.4, 0.5) is 4.79 Å². The minimum absolute atomic E-state index is 0.0310. The topological polar surface area (TPSA) is 77.2 Å². The van der Waals surface area contributed by atoms with Crippen molar-refractivity contribution in [1.82, 2.24) is 20.5 Å². The second kappa shape index (κ2) is 6.95. The SMILES string of the molecule is Cc1cccc2c(CCNC(=O)N[C@@H]3CCC(=O)N(C)C3)c[nH]c12. The third kappa shape index (κ3) is 3.53. The third-order valence-corrected chi connectivity index (χ3v) is 4.65. The molecule has 1 saturated heterocycles. The number of fused-ring (bicyclic) bond motifs is 1. The number of aromatic nitrogens is 1. The van der Waals surface area contributed by atoms with Gasteiger partial charge < -0.3 is 20.5 Å². The van der Waals surface area contributed by atoms with Gasteiger partial charge in [0.25, 0.3) is 0 Å². The first-order valence-electron chi connectivity index (χ1n) is 8.38. The number of benzene rings is 1. The maximum Gasteiger partial charge on any atom is 0.315 e. The van der Waals surface area contributed by atoms with E-state index in [9.17, 15) is 9.59 Å². The summed E-state index contributed by atoms with van der Waals surface area (Å²) in [5, 5.41) is 7.06. The summed E-state index contributed by atoms with van der Waals surface area (Å²) in [5.74, 6) is 0.142. The van der Waals surface area contributed by atoms with E-state index in [1.165, 1.54) is 16.5 Å². The average Bonchev–Trinajstić information content (AvgIpc) is 2.96. The Morgan fingerprint density at radius 2 is 2.25 bits per heavy atom. The largest absolute Gasteiger partial charge is 0.361 e. The zero-order chi connectivity index (χ0) is 17.1. The summed E-state index contributed by atoms with van der Waals surface area (Å²) in [6.45, 7) is 3.24. The Morgan fingerprint density at radius 3 is 3.04 bits per heavy atom. The van der Waals surface area contributed by atoms with E-state index in [4.69, 9.17) is 0 Å². The first kappa shape index (κ1) is 16.4. The Bertz CT molecular complexity index is 753. The van der Waals surface area contributed by atoms with Gasteiger partial charge in [0.2, 0.25) is 5.91 Å². The van der Waals surface area contributed by atoms with Gasteiger partial charge in [-0.3, -0.25) is 4.79 Å². The molecule has 2 heterocycles. The van der Waals surface area contributed by atoms with Crippen LogP contribution in [0.15, 0.2) is 24.4 Å². The normalized spacial score (nSPS) is 18.0. The number of carbonyl (C=O) groups excluding carboxylic acids is 2. The monoisotopic (exact) mass is 328 g/mol. The second-order valence-corrected chi connectivity index (χ2v) is 6.47. The molecule has 3 amide bonds. The van der Waals surface area contributed by atoms with Crippen LogP contribution in [-0.2, 0) is 11.2 Å². The molecule has 1 aromatic heterocycles. The van der Waals surface area contributed by atoms with Crippen LogP contribution in [0, 0.1) is 6.92 Å². The molecular formula is C18H24N4O2. The highest BCUT2D eigenvalue weighted by atomic mass is 16.2. The molecule has 3 rings (SSSR count). The van der Waals surface area contributed by atoms with Crippen LogP contribution in [0.2, 0.25) is 0 Å². The van der Waals surface area contributed by atoms with Gasteiger partial charge in [-0.2, -0.15) is 0 Å². The Balaban J connectivity index is 1.48. The zero-order valence-electron chi connectivity index (χ0n) is 14.2. The maximum atomic E-state index is 12.0. The number of urea groups is 1. The Kier molecular flexibility index (Phi) is 4.74. The van der Waals surface area contributed by atoms with E-state index in [-0.39, 0.29) is 18.0 Å². The molecule has 6 nitrogen and oxygen atoms in total. The lowest BCUT2D eigenvalue weighted by Gasteiger charge is -2.30. The van der Waals surface area contributed by atoms with Crippen LogP contribution >= 0.6 is 0 Å². The van der Waals surface area contributed by atoms with E-state index in [0.29, 0.717) is 25.9 Å². The van der Waals surface area contributed by atoms with Gasteiger partial charge in [0, 0.05) is 49.7 Å². The van der Waals surface area contributed by atoms with Crippen LogP contribution < -0.4 is 10.6 Å². The summed E-state index contributed by atoms with van der Waals surface area (Å²) in [6, 6.07) is 6.10. The molecule has 0 bridgehead atoms. The van der Waals surface area contributed by atoms with Gasteiger partial charge in [-0.05, 0) is 30.9 Å². The number of nitrogens with zero attached hydrogens (tertiary/aromatic N) is 1. The highest BCUT2D eigenvalue weighted by Crippen LogP contribution is 2.21. The molecule has 1 aromatic carbocycles. The van der Waals surface area contributed by atoms with Gasteiger partial charge in [0.05, 0.1) is 0 Å². The summed E-state index contributed by atoms with van der Waals surface area (Å²) in [7, 11) is 1.77. The predicted octanol–water partition coefficient (Wildman–Crippen LogP) is 1.94. The van der Waals surface area contributed by atoms with Crippen molar-refractivity contribution in [2.45, 2.75) is 32.2 Å². The average molecular weight is 328 g/mol. The van der Waals surface area contributed by atoms with Gasteiger partial charge in [0.1, 0.15) is 0 Å². The zero-order valence-corrected chi connectivity index (χ0v) is 14.2. The number of rotatable bonds is 4. The van der Waals surface area contributed by atoms with E-state index in [1.807, 2.05) is 6.20 Å². The van der Waals surface area contributed by atoms with Gasteiger partial charge in [-0.1, -0.05) is 18.2 Å². The summed E-state index contributed by atoms with van der Waals surface area (Å²) < 4.78 is 0. The van der Waals surface area contributed by atoms with Crippen LogP contribution in [0.25, 0.3) is 10.9 Å². The van der Waals surface area contributed by atoms with Crippen LogP contribution in [0.3, 0.4) is 0 Å². The molecule has 1 fully saturated rings. The van der Waals surface area contributed by atoms with Crippen LogP contribution in [-0.4, -0.2) is 48.0 Å². The number of H-pyrrole nitrogens is 1. The van der Waals surface area contributed by atoms with Crippen molar-refractivity contribution in [3.63, 3.8) is 0 Å². The molecule has 128 valence electrons. The maximum absolute atomic E-state index is 12.0. The third-order valence-electron chi connectivity index (χ3n) is 4.65. The first-order valence-corrected chi connectivity index (χ1v) is 8.38. The van der Waals surface area contributed by atoms with Crippen molar-refractivity contribution in [3.8, 4) is 0 Å². The molecule has 24 heavy (non-hydrogen) atoms. The standard InChI is InChI=1S/C18H24N4O2/c1-12-4-3-5-15-13(10-20-17(12)15)8-9-19-18(24)21-14-6-7-16(23)22(2)11-14/h3-5,10,14,20H,6-9,11H2,1-2H3,(H2,19,21,24)/t14-/m1/s1. The Hall–Kier alpha value is -2.50. The van der Waals surface area contributed by atoms with Crippen molar-refractivity contribution in [3.05, 3.63) is 35.5 Å². The predicted molar refractivity (Wildman–Crippen MR) is 93.9 cm³/mol. The fourth-order valence-corrected chi connectivity index (χ4v) is 3.25. The van der Waals surface area contributed by atoms with Crippen LogP contribution in [0.1, 0.15) is 24.0 Å². The molecule has 1 aliphatic rings. The number of amides is 3. The molecule has 0 aliphatic carbocycles. The van der Waals surface area contributed by atoms with Gasteiger partial charge in [0.15, 0.2) is 0 Å². The highest BCUT2D eigenvalue weighted by Gasteiger charge is 2.23. The van der Waals surface area contributed by atoms with Crippen molar-refractivity contribution >= 4 is 22.8 Å². The van der Waals surface area contributed by atoms with Crippen molar-refractivity contribution in [1.29, 1.82) is 0 Å². The van der Waals surface area contributed by atoms with Crippen molar-refractivity contribution in [2.75, 3.05) is 20.1 Å². The summed E-state index contributed by atoms with van der Waals surface area (Å²) in [5.41, 5.74) is 3.59. The fourth-order valence-electron chi connectivity index (χ4n) is 3.25. The van der Waals surface area contributed by atoms with E-state index in [0.717, 1.165) is 11.9 Å². The molecule has 0 spiro atoms. The molecule has 1 atom stereocenters. The quantitative estimate of drug-likeness (QED) is 0.802. The Labute approximate surface area is 141 Å². The molecule has 6 heteroatoms. The minimum atomic E-state index is -0.168. The Morgan fingerprint density at radius 1 is 1.42 bits per heavy atom. The smallest absolute Gasteiger partial charge is 0.315 e. The van der Waals surface area contributed by atoms with Crippen molar-refractivity contribution in [2.24, 2.45) is 0 Å². The number of para-hydroxylation sites is 1. The number of piperidine rings is 1. The lowest BCUT2D eigenvalue weighted by molar-refractivity contribution is -0.132. The summed E-state index contributed by atoms with van der Waals surface area (Å²) in [4.78, 5) is 28.4. The number of nitrogens with one attached hydrogen (secondary N) is 3. The number of hydrogen-bond acceptors (Lipinski definition) is 2. The van der Waals surface area contributed by atoms with Gasteiger partial charge in [-0.15, -0.1) is 0 Å². The lowest BCUT2D eigenvalue weighted by Crippen LogP contribution is -2.51. The number of carbonyl (C=O) groups is 2. The molecule has 2 aromatic rings. The molecule has 0 unspecified atom stereocenters. The summed E-state index contributed by atoms with van der Waals surface area (Å²) in [6.07, 6.45) is 3.99. The number of aryl methyl sites for hydroxylation is 1. The number of likely N-dealkylation sites (N-methyl/N-ethyl adjacent to an activating group) is 1. The lowest BCUT2D eigenvalue weighted by atomic mass is 10.1. The van der Waals surface area contributed by atoms with Gasteiger partial charge in [-0.25, -0.2) is 4.79 Å². The van der Waals surface area contributed by atoms with E-state index >= 15 is 0 Å². The molecule has 1 aliphatic heterocycles. The van der Waals surface area contributed by atoms with E-state index in [2.05, 4.69) is 40.7 Å². The molecule has 0 saturated carbocycles. The fraction of sp³-hybridized carbons (Fsp3) is 0.444. The molecule has 0 radical (unpaired) electrons. The van der Waals surface area contributed by atoms with E-state index in [1.54, 1.807) is 11.9 Å². The summed E-state index contributed by atoms with van der Waals surface area (Å²) >= 11 is 0. The highest BCUT2D eigenvalue weighted by molar-refractivity contribution is 5.86. The molecular weight excluding hydrogens is 304 g/mol. The van der Waals surface area contributed by atoms with Crippen molar-refractivity contribution < 1.29 is 9.59 Å². The van der Waals surface area contributed by atoms with Crippen LogP contribution in [0.5, 0.6) is 0 Å². The second-order valence-electron chi connectivity index (χ2n) is 6.47. The van der Waals surface area contributed by atoms with Gasteiger partial charge >= 0.3 is 6.03 Å². The van der Waals surface area contributed by atoms with E-state index < -0.39 is 0 Å². The number of aromatic amines is 1. The number of hydrogen-bond donors (Lipinski definition) is 3.